The van der Waals surface area contributed by atoms with Crippen LogP contribution in [0.1, 0.15) is 19.4 Å². The summed E-state index contributed by atoms with van der Waals surface area (Å²) < 4.78 is -0.466. The number of rotatable bonds is 4. The van der Waals surface area contributed by atoms with Crippen molar-refractivity contribution in [3.8, 4) is 0 Å². The van der Waals surface area contributed by atoms with Crippen LogP contribution in [0.2, 0.25) is 0 Å². The lowest BCUT2D eigenvalue weighted by Gasteiger charge is -2.24. The Morgan fingerprint density at radius 1 is 1.40 bits per heavy atom. The molecule has 0 radical (unpaired) electrons. The molecule has 0 aliphatic heterocycles. The fourth-order valence-corrected chi connectivity index (χ4v) is 1.44. The summed E-state index contributed by atoms with van der Waals surface area (Å²) >= 11 is 4.31. The third kappa shape index (κ3) is 3.68. The zero-order chi connectivity index (χ0) is 11.5. The Morgan fingerprint density at radius 3 is 2.40 bits per heavy atom. The fourth-order valence-electron chi connectivity index (χ4n) is 1.30. The van der Waals surface area contributed by atoms with Crippen molar-refractivity contribution in [2.75, 3.05) is 0 Å². The molecule has 3 heteroatoms. The van der Waals surface area contributed by atoms with Crippen molar-refractivity contribution >= 4 is 18.4 Å². The summed E-state index contributed by atoms with van der Waals surface area (Å²) in [6.45, 7) is 3.70. The lowest BCUT2D eigenvalue weighted by molar-refractivity contribution is -0.120. The number of hydrogen-bond donors (Lipinski definition) is 2. The van der Waals surface area contributed by atoms with E-state index in [-0.39, 0.29) is 5.78 Å². The number of benzene rings is 1. The molecule has 0 aliphatic carbocycles. The van der Waals surface area contributed by atoms with Gasteiger partial charge < -0.3 is 5.73 Å². The summed E-state index contributed by atoms with van der Waals surface area (Å²) in [6, 6.07) is 9.09. The van der Waals surface area contributed by atoms with E-state index in [1.165, 1.54) is 0 Å². The topological polar surface area (TPSA) is 43.1 Å². The van der Waals surface area contributed by atoms with E-state index >= 15 is 0 Å². The third-order valence-corrected chi connectivity index (χ3v) is 2.61. The molecule has 0 heterocycles. The summed E-state index contributed by atoms with van der Waals surface area (Å²) in [5.74, 6) is 0.0289. The first-order valence-electron chi connectivity index (χ1n) is 4.96. The summed E-state index contributed by atoms with van der Waals surface area (Å²) in [4.78, 5) is 11.8. The molecule has 1 aromatic rings. The number of thiol groups is 1. The van der Waals surface area contributed by atoms with Crippen molar-refractivity contribution in [3.63, 3.8) is 0 Å². The second kappa shape index (κ2) is 4.81. The van der Waals surface area contributed by atoms with Gasteiger partial charge in [-0.15, -0.1) is 0 Å². The van der Waals surface area contributed by atoms with E-state index < -0.39 is 10.8 Å². The Hall–Kier alpha value is -0.800. The van der Waals surface area contributed by atoms with Crippen LogP contribution in [-0.2, 0) is 11.2 Å². The molecule has 1 atom stereocenters. The predicted molar refractivity (Wildman–Crippen MR) is 66.2 cm³/mol. The Bertz CT molecular complexity index is 329. The maximum absolute atomic E-state index is 11.8. The van der Waals surface area contributed by atoms with Crippen LogP contribution < -0.4 is 5.73 Å². The van der Waals surface area contributed by atoms with Gasteiger partial charge in [0.05, 0.1) is 6.04 Å². The van der Waals surface area contributed by atoms with Gasteiger partial charge in [-0.25, -0.2) is 0 Å². The van der Waals surface area contributed by atoms with E-state index in [2.05, 4.69) is 12.6 Å². The molecule has 2 nitrogen and oxygen atoms in total. The molecule has 0 amide bonds. The van der Waals surface area contributed by atoms with E-state index in [4.69, 9.17) is 5.73 Å². The Kier molecular flexibility index (Phi) is 3.94. The minimum Gasteiger partial charge on any atom is -0.320 e. The van der Waals surface area contributed by atoms with Gasteiger partial charge >= 0.3 is 0 Å². The number of carbonyl (C=O) groups excluding carboxylic acids is 1. The van der Waals surface area contributed by atoms with Gasteiger partial charge in [0.15, 0.2) is 5.78 Å². The van der Waals surface area contributed by atoms with Crippen molar-refractivity contribution in [2.24, 2.45) is 5.73 Å². The lowest BCUT2D eigenvalue weighted by atomic mass is 9.95. The van der Waals surface area contributed by atoms with Crippen LogP contribution in [0.15, 0.2) is 30.3 Å². The van der Waals surface area contributed by atoms with Crippen LogP contribution >= 0.6 is 12.6 Å². The molecule has 0 fully saturated rings. The van der Waals surface area contributed by atoms with Gasteiger partial charge in [-0.3, -0.25) is 4.79 Å². The van der Waals surface area contributed by atoms with Gasteiger partial charge in [-0.1, -0.05) is 30.3 Å². The summed E-state index contributed by atoms with van der Waals surface area (Å²) in [5.41, 5.74) is 6.81. The monoisotopic (exact) mass is 223 g/mol. The molecule has 0 aromatic heterocycles. The molecule has 1 aromatic carbocycles. The summed E-state index contributed by atoms with van der Waals surface area (Å²) in [5, 5.41) is 0. The molecule has 0 bridgehead atoms. The van der Waals surface area contributed by atoms with Crippen LogP contribution in [-0.4, -0.2) is 16.6 Å². The van der Waals surface area contributed by atoms with Crippen LogP contribution in [0, 0.1) is 0 Å². The van der Waals surface area contributed by atoms with Gasteiger partial charge in [0.2, 0.25) is 0 Å². The molecular formula is C12H17NOS. The van der Waals surface area contributed by atoms with E-state index in [9.17, 15) is 4.79 Å². The highest BCUT2D eigenvalue weighted by atomic mass is 32.1. The van der Waals surface area contributed by atoms with Crippen LogP contribution in [0.5, 0.6) is 0 Å². The van der Waals surface area contributed by atoms with Crippen molar-refractivity contribution in [2.45, 2.75) is 31.1 Å². The SMILES string of the molecule is CC(C)(S)[C@@H](N)C(=O)Cc1ccccc1. The molecule has 0 unspecified atom stereocenters. The van der Waals surface area contributed by atoms with E-state index in [1.807, 2.05) is 44.2 Å². The molecule has 0 aliphatic rings. The minimum absolute atomic E-state index is 0.0289. The molecule has 82 valence electrons. The largest absolute Gasteiger partial charge is 0.320 e. The van der Waals surface area contributed by atoms with Crippen LogP contribution in [0.25, 0.3) is 0 Å². The maximum Gasteiger partial charge on any atom is 0.155 e. The highest BCUT2D eigenvalue weighted by Crippen LogP contribution is 2.17. The fraction of sp³-hybridized carbons (Fsp3) is 0.417. The number of hydrogen-bond acceptors (Lipinski definition) is 3. The Balaban J connectivity index is 2.65. The van der Waals surface area contributed by atoms with Gasteiger partial charge in [-0.2, -0.15) is 12.6 Å². The quantitative estimate of drug-likeness (QED) is 0.765. The van der Waals surface area contributed by atoms with Crippen molar-refractivity contribution < 1.29 is 4.79 Å². The average molecular weight is 223 g/mol. The van der Waals surface area contributed by atoms with Crippen LogP contribution in [0.4, 0.5) is 0 Å². The molecule has 2 N–H and O–H groups in total. The smallest absolute Gasteiger partial charge is 0.155 e. The van der Waals surface area contributed by atoms with Gasteiger partial charge in [0.25, 0.3) is 0 Å². The zero-order valence-electron chi connectivity index (χ0n) is 9.10. The van der Waals surface area contributed by atoms with Gasteiger partial charge in [-0.05, 0) is 19.4 Å². The number of ketones is 1. The normalized spacial score (nSPS) is 13.6. The molecule has 15 heavy (non-hydrogen) atoms. The zero-order valence-corrected chi connectivity index (χ0v) is 10.00. The van der Waals surface area contributed by atoms with Crippen molar-refractivity contribution in [3.05, 3.63) is 35.9 Å². The molecule has 0 saturated heterocycles. The third-order valence-electron chi connectivity index (χ3n) is 2.33. The number of nitrogens with two attached hydrogens (primary N) is 1. The first-order valence-corrected chi connectivity index (χ1v) is 5.40. The first kappa shape index (κ1) is 12.3. The molecule has 0 spiro atoms. The highest BCUT2D eigenvalue weighted by Gasteiger charge is 2.27. The second-order valence-corrected chi connectivity index (χ2v) is 5.41. The predicted octanol–water partition coefficient (Wildman–Crippen LogP) is 1.83. The van der Waals surface area contributed by atoms with Crippen molar-refractivity contribution in [1.82, 2.24) is 0 Å². The summed E-state index contributed by atoms with van der Waals surface area (Å²) in [6.07, 6.45) is 0.381. The molecular weight excluding hydrogens is 206 g/mol. The molecule has 1 rings (SSSR count). The number of Topliss-reactive ketones (excluding diaryl/α,β-unsaturated/α-hetero) is 1. The minimum atomic E-state index is -0.527. The van der Waals surface area contributed by atoms with Gasteiger partial charge in [0.1, 0.15) is 0 Å². The van der Waals surface area contributed by atoms with Gasteiger partial charge in [0, 0.05) is 11.2 Å². The van der Waals surface area contributed by atoms with E-state index in [1.54, 1.807) is 0 Å². The number of carbonyl (C=O) groups is 1. The first-order chi connectivity index (χ1) is 6.91. The summed E-state index contributed by atoms with van der Waals surface area (Å²) in [7, 11) is 0. The standard InChI is InChI=1S/C12H17NOS/c1-12(2,15)11(13)10(14)8-9-6-4-3-5-7-9/h3-7,11,15H,8,13H2,1-2H3/t11-/m0/s1. The van der Waals surface area contributed by atoms with E-state index in [0.29, 0.717) is 6.42 Å². The van der Waals surface area contributed by atoms with Crippen molar-refractivity contribution in [1.29, 1.82) is 0 Å². The average Bonchev–Trinajstić information content (AvgIpc) is 2.16. The maximum atomic E-state index is 11.8. The second-order valence-electron chi connectivity index (χ2n) is 4.26. The van der Waals surface area contributed by atoms with Crippen LogP contribution in [0.3, 0.4) is 0 Å². The lowest BCUT2D eigenvalue weighted by Crippen LogP contribution is -2.46. The Morgan fingerprint density at radius 2 is 1.93 bits per heavy atom. The Labute approximate surface area is 96.3 Å². The highest BCUT2D eigenvalue weighted by molar-refractivity contribution is 7.81. The van der Waals surface area contributed by atoms with E-state index in [0.717, 1.165) is 5.56 Å². The molecule has 0 saturated carbocycles.